The first-order chi connectivity index (χ1) is 16.0. The van der Waals surface area contributed by atoms with E-state index in [1.54, 1.807) is 18.9 Å². The van der Waals surface area contributed by atoms with Gasteiger partial charge in [-0.05, 0) is 48.3 Å². The number of hydrogen-bond donors (Lipinski definition) is 2. The summed E-state index contributed by atoms with van der Waals surface area (Å²) >= 11 is 0. The van der Waals surface area contributed by atoms with Crippen molar-refractivity contribution >= 4 is 22.6 Å². The Morgan fingerprint density at radius 1 is 1.15 bits per heavy atom. The zero-order chi connectivity index (χ0) is 22.7. The molecule has 4 aromatic rings. The van der Waals surface area contributed by atoms with Crippen LogP contribution in [0, 0.1) is 35.3 Å². The fraction of sp³-hybridized carbons (Fsp3) is 0.320. The average molecular weight is 447 g/mol. The number of aromatic nitrogens is 4. The van der Waals surface area contributed by atoms with E-state index in [1.807, 2.05) is 35.8 Å². The van der Waals surface area contributed by atoms with Crippen molar-refractivity contribution in [2.45, 2.75) is 25.8 Å². The van der Waals surface area contributed by atoms with E-state index in [-0.39, 0.29) is 17.9 Å². The van der Waals surface area contributed by atoms with E-state index in [1.165, 1.54) is 6.07 Å². The molecule has 2 aliphatic rings. The highest BCUT2D eigenvalue weighted by molar-refractivity contribution is 5.93. The molecule has 8 heteroatoms. The van der Waals surface area contributed by atoms with E-state index in [0.29, 0.717) is 28.8 Å². The van der Waals surface area contributed by atoms with Crippen molar-refractivity contribution in [3.63, 3.8) is 0 Å². The SMILES string of the molecule is C[C@H](C(=O)Nc1ccc(-c2cnc[nH]2)cc1)[C@H]1[C@@H]2C[C@@H](n3cnc4cc(F)c(F)cc43)C[C@@H]21. The van der Waals surface area contributed by atoms with Crippen molar-refractivity contribution in [2.75, 3.05) is 5.32 Å². The van der Waals surface area contributed by atoms with Crippen LogP contribution in [0.2, 0.25) is 0 Å². The van der Waals surface area contributed by atoms with Crippen LogP contribution in [0.25, 0.3) is 22.3 Å². The van der Waals surface area contributed by atoms with E-state index in [9.17, 15) is 13.6 Å². The van der Waals surface area contributed by atoms with E-state index >= 15 is 0 Å². The van der Waals surface area contributed by atoms with E-state index in [2.05, 4.69) is 20.3 Å². The molecule has 2 aromatic carbocycles. The van der Waals surface area contributed by atoms with E-state index in [0.717, 1.165) is 35.9 Å². The third-order valence-corrected chi connectivity index (χ3v) is 7.45. The van der Waals surface area contributed by atoms with Gasteiger partial charge in [0.2, 0.25) is 5.91 Å². The molecule has 6 nitrogen and oxygen atoms in total. The standard InChI is InChI=1S/C25H23F2N5O/c1-13(25(33)31-15-4-2-14(3-5-15)22-10-28-11-29-22)24-17-6-16(7-18(17)24)32-12-30-21-8-19(26)20(27)9-23(21)32/h2-5,8-13,16-18,24H,6-7H2,1H3,(H,28,29)(H,31,33)/t13-,16-,17-,18+,24+/m0/s1. The molecule has 1 amide bonds. The molecule has 2 aromatic heterocycles. The molecule has 0 aliphatic heterocycles. The maximum atomic E-state index is 13.7. The molecule has 2 aliphatic carbocycles. The van der Waals surface area contributed by atoms with Gasteiger partial charge in [0.15, 0.2) is 11.6 Å². The molecule has 0 bridgehead atoms. The summed E-state index contributed by atoms with van der Waals surface area (Å²) in [4.78, 5) is 24.2. The van der Waals surface area contributed by atoms with E-state index < -0.39 is 11.6 Å². The monoisotopic (exact) mass is 447 g/mol. The Morgan fingerprint density at radius 3 is 2.58 bits per heavy atom. The number of benzene rings is 2. The van der Waals surface area contributed by atoms with Gasteiger partial charge in [0.25, 0.3) is 0 Å². The highest BCUT2D eigenvalue weighted by atomic mass is 19.2. The molecule has 2 N–H and O–H groups in total. The van der Waals surface area contributed by atoms with Crippen LogP contribution in [-0.2, 0) is 4.79 Å². The lowest BCUT2D eigenvalue weighted by molar-refractivity contribution is -0.120. The van der Waals surface area contributed by atoms with Gasteiger partial charge in [0.05, 0.1) is 35.6 Å². The summed E-state index contributed by atoms with van der Waals surface area (Å²) in [6.45, 7) is 2.00. The quantitative estimate of drug-likeness (QED) is 0.443. The van der Waals surface area contributed by atoms with E-state index in [4.69, 9.17) is 0 Å². The predicted octanol–water partition coefficient (Wildman–Crippen LogP) is 5.18. The molecule has 168 valence electrons. The Kier molecular flexibility index (Phi) is 4.57. The highest BCUT2D eigenvalue weighted by Crippen LogP contribution is 2.64. The number of amides is 1. The van der Waals surface area contributed by atoms with Gasteiger partial charge in [0.1, 0.15) is 0 Å². The van der Waals surface area contributed by atoms with Crippen LogP contribution in [0.4, 0.5) is 14.5 Å². The Bertz CT molecular complexity index is 1320. The summed E-state index contributed by atoms with van der Waals surface area (Å²) < 4.78 is 29.2. The first-order valence-electron chi connectivity index (χ1n) is 11.2. The van der Waals surface area contributed by atoms with Crippen molar-refractivity contribution in [1.82, 2.24) is 19.5 Å². The van der Waals surface area contributed by atoms with Gasteiger partial charge in [-0.3, -0.25) is 4.79 Å². The van der Waals surface area contributed by atoms with Gasteiger partial charge in [-0.25, -0.2) is 18.7 Å². The lowest BCUT2D eigenvalue weighted by Crippen LogP contribution is -2.24. The molecule has 2 fully saturated rings. The van der Waals surface area contributed by atoms with Crippen LogP contribution in [0.3, 0.4) is 0 Å². The van der Waals surface area contributed by atoms with Crippen molar-refractivity contribution in [2.24, 2.45) is 23.7 Å². The number of halogens is 2. The zero-order valence-electron chi connectivity index (χ0n) is 18.0. The molecular formula is C25H23F2N5O. The molecule has 0 unspecified atom stereocenters. The largest absolute Gasteiger partial charge is 0.345 e. The minimum absolute atomic E-state index is 0.0332. The maximum Gasteiger partial charge on any atom is 0.227 e. The fourth-order valence-corrected chi connectivity index (χ4v) is 5.72. The number of hydrogen-bond acceptors (Lipinski definition) is 3. The lowest BCUT2D eigenvalue weighted by atomic mass is 9.96. The molecular weight excluding hydrogens is 424 g/mol. The normalized spacial score (nSPS) is 24.6. The maximum absolute atomic E-state index is 13.7. The lowest BCUT2D eigenvalue weighted by Gasteiger charge is -2.20. The smallest absolute Gasteiger partial charge is 0.227 e. The van der Waals surface area contributed by atoms with Gasteiger partial charge in [-0.1, -0.05) is 19.1 Å². The minimum atomic E-state index is -0.877. The molecule has 2 saturated carbocycles. The van der Waals surface area contributed by atoms with Gasteiger partial charge >= 0.3 is 0 Å². The molecule has 33 heavy (non-hydrogen) atoms. The summed E-state index contributed by atoms with van der Waals surface area (Å²) in [5.74, 6) is -0.479. The Morgan fingerprint density at radius 2 is 1.88 bits per heavy atom. The summed E-state index contributed by atoms with van der Waals surface area (Å²) in [6, 6.07) is 10.3. The van der Waals surface area contributed by atoms with Crippen LogP contribution in [0.1, 0.15) is 25.8 Å². The number of rotatable bonds is 5. The number of aromatic amines is 1. The number of carbonyl (C=O) groups excluding carboxylic acids is 1. The number of imidazole rings is 2. The zero-order valence-corrected chi connectivity index (χ0v) is 18.0. The third-order valence-electron chi connectivity index (χ3n) is 7.45. The predicted molar refractivity (Wildman–Crippen MR) is 120 cm³/mol. The highest BCUT2D eigenvalue weighted by Gasteiger charge is 2.59. The first-order valence-corrected chi connectivity index (χ1v) is 11.2. The van der Waals surface area contributed by atoms with Gasteiger partial charge in [-0.2, -0.15) is 0 Å². The van der Waals surface area contributed by atoms with Gasteiger partial charge in [0, 0.05) is 29.8 Å². The van der Waals surface area contributed by atoms with Gasteiger partial charge in [-0.15, -0.1) is 0 Å². The molecule has 5 atom stereocenters. The minimum Gasteiger partial charge on any atom is -0.345 e. The first kappa shape index (κ1) is 20.1. The van der Waals surface area contributed by atoms with Crippen molar-refractivity contribution in [1.29, 1.82) is 0 Å². The Hall–Kier alpha value is -3.55. The molecule has 0 spiro atoms. The summed E-state index contributed by atoms with van der Waals surface area (Å²) in [5, 5.41) is 3.04. The van der Waals surface area contributed by atoms with Crippen LogP contribution >= 0.6 is 0 Å². The average Bonchev–Trinajstić information content (AvgIpc) is 3.29. The van der Waals surface area contributed by atoms with Crippen LogP contribution in [-0.4, -0.2) is 25.4 Å². The number of nitrogens with zero attached hydrogens (tertiary/aromatic N) is 3. The second-order valence-electron chi connectivity index (χ2n) is 9.26. The Balaban J connectivity index is 1.09. The number of fused-ring (bicyclic) bond motifs is 2. The Labute approximate surface area is 189 Å². The molecule has 6 rings (SSSR count). The molecule has 2 heterocycles. The second kappa shape index (κ2) is 7.50. The number of H-pyrrole nitrogens is 1. The summed E-state index contributed by atoms with van der Waals surface area (Å²) in [5.41, 5.74) is 3.81. The third kappa shape index (κ3) is 3.41. The van der Waals surface area contributed by atoms with Crippen molar-refractivity contribution in [3.05, 3.63) is 66.9 Å². The van der Waals surface area contributed by atoms with Crippen LogP contribution < -0.4 is 5.32 Å². The van der Waals surface area contributed by atoms with Crippen LogP contribution in [0.5, 0.6) is 0 Å². The molecule has 0 saturated heterocycles. The summed E-state index contributed by atoms with van der Waals surface area (Å²) in [7, 11) is 0. The fourth-order valence-electron chi connectivity index (χ4n) is 5.72. The number of anilines is 1. The van der Waals surface area contributed by atoms with Crippen molar-refractivity contribution < 1.29 is 13.6 Å². The van der Waals surface area contributed by atoms with Gasteiger partial charge < -0.3 is 14.9 Å². The molecule has 0 radical (unpaired) electrons. The topological polar surface area (TPSA) is 75.6 Å². The van der Waals surface area contributed by atoms with Crippen LogP contribution in [0.15, 0.2) is 55.2 Å². The number of carbonyl (C=O) groups is 1. The van der Waals surface area contributed by atoms with Crippen molar-refractivity contribution in [3.8, 4) is 11.3 Å². The second-order valence-corrected chi connectivity index (χ2v) is 9.26. The summed E-state index contributed by atoms with van der Waals surface area (Å²) in [6.07, 6.45) is 6.93. The number of nitrogens with one attached hydrogen (secondary N) is 2.